The summed E-state index contributed by atoms with van der Waals surface area (Å²) in [5.74, 6) is 0.301. The highest BCUT2D eigenvalue weighted by atomic mass is 35.5. The predicted octanol–water partition coefficient (Wildman–Crippen LogP) is 3.63. The van der Waals surface area contributed by atoms with Crippen molar-refractivity contribution in [1.29, 1.82) is 0 Å². The van der Waals surface area contributed by atoms with Gasteiger partial charge in [0.15, 0.2) is 9.84 Å². The van der Waals surface area contributed by atoms with Crippen LogP contribution in [0.2, 0.25) is 5.02 Å². The third-order valence-corrected chi connectivity index (χ3v) is 6.17. The Hall–Kier alpha value is -0.580. The van der Waals surface area contributed by atoms with Crippen molar-refractivity contribution in [2.75, 3.05) is 12.3 Å². The molecule has 5 heteroatoms. The average molecular weight is 332 g/mol. The van der Waals surface area contributed by atoms with E-state index in [1.54, 1.807) is 13.8 Å². The minimum atomic E-state index is -3.02. The fourth-order valence-electron chi connectivity index (χ4n) is 2.09. The molecule has 1 rings (SSSR count). The van der Waals surface area contributed by atoms with E-state index >= 15 is 0 Å². The van der Waals surface area contributed by atoms with Gasteiger partial charge in [0.2, 0.25) is 0 Å². The highest BCUT2D eigenvalue weighted by Gasteiger charge is 2.21. The first kappa shape index (κ1) is 18.5. The average Bonchev–Trinajstić information content (AvgIpc) is 2.39. The molecular formula is C16H26ClNO2S. The molecule has 120 valence electrons. The lowest BCUT2D eigenvalue weighted by Gasteiger charge is -2.21. The fourth-order valence-corrected chi connectivity index (χ4v) is 3.47. The monoisotopic (exact) mass is 331 g/mol. The first-order valence-corrected chi connectivity index (χ1v) is 9.52. The van der Waals surface area contributed by atoms with Gasteiger partial charge in [0.05, 0.1) is 11.0 Å². The zero-order valence-corrected chi connectivity index (χ0v) is 14.8. The predicted molar refractivity (Wildman–Crippen MR) is 90.9 cm³/mol. The van der Waals surface area contributed by atoms with Gasteiger partial charge in [-0.15, -0.1) is 0 Å². The molecule has 0 aromatic heterocycles. The lowest BCUT2D eigenvalue weighted by Crippen LogP contribution is -2.29. The molecule has 0 fully saturated rings. The van der Waals surface area contributed by atoms with Crippen LogP contribution in [0.1, 0.15) is 45.6 Å². The molecule has 0 aliphatic rings. The Bertz CT molecular complexity index is 541. The minimum absolute atomic E-state index is 0.106. The number of sulfone groups is 1. The first-order valence-electron chi connectivity index (χ1n) is 7.43. The molecule has 1 aromatic carbocycles. The number of hydrogen-bond donors (Lipinski definition) is 1. The van der Waals surface area contributed by atoms with E-state index in [9.17, 15) is 8.42 Å². The normalized spacial score (nSPS) is 13.9. The third kappa shape index (κ3) is 5.97. The van der Waals surface area contributed by atoms with Gasteiger partial charge in [-0.3, -0.25) is 0 Å². The van der Waals surface area contributed by atoms with E-state index in [2.05, 4.69) is 19.2 Å². The molecule has 3 nitrogen and oxygen atoms in total. The molecule has 0 saturated carbocycles. The van der Waals surface area contributed by atoms with Crippen LogP contribution >= 0.6 is 11.6 Å². The van der Waals surface area contributed by atoms with Gasteiger partial charge in [0.1, 0.15) is 0 Å². The summed E-state index contributed by atoms with van der Waals surface area (Å²) in [6.45, 7) is 8.34. The van der Waals surface area contributed by atoms with Crippen molar-refractivity contribution in [1.82, 2.24) is 5.32 Å². The molecule has 0 heterocycles. The van der Waals surface area contributed by atoms with Crippen LogP contribution in [-0.2, 0) is 9.84 Å². The van der Waals surface area contributed by atoms with Crippen LogP contribution in [0.25, 0.3) is 0 Å². The van der Waals surface area contributed by atoms with Crippen molar-refractivity contribution < 1.29 is 8.42 Å². The van der Waals surface area contributed by atoms with Crippen LogP contribution in [-0.4, -0.2) is 32.0 Å². The molecule has 1 N–H and O–H groups in total. The second-order valence-electron chi connectivity index (χ2n) is 5.99. The summed E-state index contributed by atoms with van der Waals surface area (Å²) >= 11 is 6.27. The highest BCUT2D eigenvalue weighted by molar-refractivity contribution is 7.91. The zero-order chi connectivity index (χ0) is 16.0. The smallest absolute Gasteiger partial charge is 0.152 e. The molecule has 0 aliphatic carbocycles. The highest BCUT2D eigenvalue weighted by Crippen LogP contribution is 2.27. The van der Waals surface area contributed by atoms with Crippen LogP contribution in [0.15, 0.2) is 24.3 Å². The molecule has 21 heavy (non-hydrogen) atoms. The fraction of sp³-hybridized carbons (Fsp3) is 0.625. The standard InChI is InChI=1S/C16H26ClNO2S/c1-12(2)18-11-14(9-10-21(19,20)13(3)4)15-7-5-6-8-16(15)17/h5-8,12-14,18H,9-11H2,1-4H3. The van der Waals surface area contributed by atoms with Crippen molar-refractivity contribution in [3.05, 3.63) is 34.9 Å². The molecule has 0 amide bonds. The van der Waals surface area contributed by atoms with Crippen LogP contribution in [0, 0.1) is 0 Å². The van der Waals surface area contributed by atoms with E-state index in [0.29, 0.717) is 17.5 Å². The van der Waals surface area contributed by atoms with E-state index < -0.39 is 9.84 Å². The van der Waals surface area contributed by atoms with Crippen LogP contribution in [0.4, 0.5) is 0 Å². The summed E-state index contributed by atoms with van der Waals surface area (Å²) in [7, 11) is -3.02. The van der Waals surface area contributed by atoms with Crippen molar-refractivity contribution in [3.63, 3.8) is 0 Å². The molecule has 0 aliphatic heterocycles. The Kier molecular flexibility index (Phi) is 7.17. The molecule has 0 spiro atoms. The maximum absolute atomic E-state index is 12.0. The number of rotatable bonds is 8. The quantitative estimate of drug-likeness (QED) is 0.791. The Morgan fingerprint density at radius 2 is 1.76 bits per heavy atom. The van der Waals surface area contributed by atoms with Gasteiger partial charge < -0.3 is 5.32 Å². The second-order valence-corrected chi connectivity index (χ2v) is 9.07. The second kappa shape index (κ2) is 8.16. The largest absolute Gasteiger partial charge is 0.314 e. The Morgan fingerprint density at radius 1 is 1.14 bits per heavy atom. The van der Waals surface area contributed by atoms with Crippen molar-refractivity contribution >= 4 is 21.4 Å². The van der Waals surface area contributed by atoms with E-state index in [-0.39, 0.29) is 16.9 Å². The number of nitrogens with one attached hydrogen (secondary N) is 1. The number of halogens is 1. The van der Waals surface area contributed by atoms with E-state index in [1.165, 1.54) is 0 Å². The van der Waals surface area contributed by atoms with Crippen LogP contribution in [0.3, 0.4) is 0 Å². The van der Waals surface area contributed by atoms with E-state index in [4.69, 9.17) is 11.6 Å². The van der Waals surface area contributed by atoms with Gasteiger partial charge in [-0.1, -0.05) is 43.6 Å². The minimum Gasteiger partial charge on any atom is -0.314 e. The molecule has 1 aromatic rings. The van der Waals surface area contributed by atoms with Crippen molar-refractivity contribution in [3.8, 4) is 0 Å². The van der Waals surface area contributed by atoms with E-state index in [1.807, 2.05) is 24.3 Å². The first-order chi connectivity index (χ1) is 9.74. The molecule has 1 atom stereocenters. The molecule has 0 radical (unpaired) electrons. The van der Waals surface area contributed by atoms with E-state index in [0.717, 1.165) is 12.1 Å². The van der Waals surface area contributed by atoms with Gasteiger partial charge in [0.25, 0.3) is 0 Å². The van der Waals surface area contributed by atoms with Gasteiger partial charge in [0, 0.05) is 17.6 Å². The molecule has 0 saturated heterocycles. The zero-order valence-electron chi connectivity index (χ0n) is 13.3. The number of benzene rings is 1. The van der Waals surface area contributed by atoms with Crippen molar-refractivity contribution in [2.45, 2.75) is 51.3 Å². The SMILES string of the molecule is CC(C)NCC(CCS(=O)(=O)C(C)C)c1ccccc1Cl. The lowest BCUT2D eigenvalue weighted by molar-refractivity contribution is 0.516. The van der Waals surface area contributed by atoms with Gasteiger partial charge >= 0.3 is 0 Å². The summed E-state index contributed by atoms with van der Waals surface area (Å²) in [6.07, 6.45) is 0.587. The summed E-state index contributed by atoms with van der Waals surface area (Å²) in [5.41, 5.74) is 1.02. The maximum Gasteiger partial charge on any atom is 0.152 e. The molecule has 0 bridgehead atoms. The maximum atomic E-state index is 12.0. The molecule has 1 unspecified atom stereocenters. The summed E-state index contributed by atoms with van der Waals surface area (Å²) < 4.78 is 24.1. The summed E-state index contributed by atoms with van der Waals surface area (Å²) in [4.78, 5) is 0. The third-order valence-electron chi connectivity index (χ3n) is 3.59. The van der Waals surface area contributed by atoms with Crippen LogP contribution in [0.5, 0.6) is 0 Å². The Balaban J connectivity index is 2.86. The lowest BCUT2D eigenvalue weighted by atomic mass is 9.96. The van der Waals surface area contributed by atoms with Crippen molar-refractivity contribution in [2.24, 2.45) is 0 Å². The number of hydrogen-bond acceptors (Lipinski definition) is 3. The van der Waals surface area contributed by atoms with Gasteiger partial charge in [-0.05, 0) is 37.8 Å². The summed E-state index contributed by atoms with van der Waals surface area (Å²) in [5, 5.41) is 3.76. The van der Waals surface area contributed by atoms with Crippen LogP contribution < -0.4 is 5.32 Å². The van der Waals surface area contributed by atoms with Gasteiger partial charge in [-0.2, -0.15) is 0 Å². The molecular weight excluding hydrogens is 306 g/mol. The van der Waals surface area contributed by atoms with Gasteiger partial charge in [-0.25, -0.2) is 8.42 Å². The Morgan fingerprint density at radius 3 is 2.29 bits per heavy atom. The summed E-state index contributed by atoms with van der Waals surface area (Å²) in [6, 6.07) is 8.04. The Labute approximate surface area is 134 Å². The topological polar surface area (TPSA) is 46.2 Å².